The summed E-state index contributed by atoms with van der Waals surface area (Å²) >= 11 is 0. The molecule has 0 heterocycles. The summed E-state index contributed by atoms with van der Waals surface area (Å²) in [5, 5.41) is 9.87. The van der Waals surface area contributed by atoms with Gasteiger partial charge >= 0.3 is 0 Å². The Morgan fingerprint density at radius 3 is 2.29 bits per heavy atom. The molecule has 0 amide bonds. The monoisotopic (exact) mass is 280 g/mol. The van der Waals surface area contributed by atoms with E-state index in [0.29, 0.717) is 6.42 Å². The highest BCUT2D eigenvalue weighted by Gasteiger charge is 2.08. The lowest BCUT2D eigenvalue weighted by Gasteiger charge is -2.05. The van der Waals surface area contributed by atoms with Crippen molar-refractivity contribution in [1.82, 2.24) is 0 Å². The predicted octanol–water partition coefficient (Wildman–Crippen LogP) is 3.65. The van der Waals surface area contributed by atoms with Crippen LogP contribution in [0.25, 0.3) is 6.08 Å². The first-order chi connectivity index (χ1) is 10.2. The minimum Gasteiger partial charge on any atom is -0.389 e. The van der Waals surface area contributed by atoms with E-state index in [2.05, 4.69) is 0 Å². The molecule has 0 radical (unpaired) electrons. The van der Waals surface area contributed by atoms with Crippen molar-refractivity contribution >= 4 is 11.9 Å². The van der Waals surface area contributed by atoms with Crippen molar-refractivity contribution in [3.8, 4) is 0 Å². The van der Waals surface area contributed by atoms with E-state index in [0.717, 1.165) is 17.5 Å². The molecule has 0 aliphatic rings. The first kappa shape index (κ1) is 15.2. The van der Waals surface area contributed by atoms with Crippen molar-refractivity contribution in [2.45, 2.75) is 25.4 Å². The molecule has 2 heteroatoms. The van der Waals surface area contributed by atoms with Gasteiger partial charge in [-0.15, -0.1) is 0 Å². The lowest BCUT2D eigenvalue weighted by molar-refractivity contribution is -0.120. The van der Waals surface area contributed by atoms with Crippen LogP contribution in [0.2, 0.25) is 0 Å². The number of benzene rings is 2. The smallest absolute Gasteiger partial charge is 0.136 e. The zero-order valence-electron chi connectivity index (χ0n) is 12.0. The summed E-state index contributed by atoms with van der Waals surface area (Å²) < 4.78 is 0. The summed E-state index contributed by atoms with van der Waals surface area (Å²) in [5.74, 6) is 0.0871. The van der Waals surface area contributed by atoms with Crippen LogP contribution >= 0.6 is 0 Å². The lowest BCUT2D eigenvalue weighted by atomic mass is 10.0. The quantitative estimate of drug-likeness (QED) is 0.840. The van der Waals surface area contributed by atoms with E-state index in [1.807, 2.05) is 66.7 Å². The van der Waals surface area contributed by atoms with Crippen LogP contribution in [0.3, 0.4) is 0 Å². The molecule has 0 bridgehead atoms. The van der Waals surface area contributed by atoms with Crippen LogP contribution in [-0.2, 0) is 11.2 Å². The second-order valence-electron chi connectivity index (χ2n) is 5.07. The summed E-state index contributed by atoms with van der Waals surface area (Å²) in [7, 11) is 0. The fourth-order valence-corrected chi connectivity index (χ4v) is 2.12. The largest absolute Gasteiger partial charge is 0.389 e. The zero-order valence-corrected chi connectivity index (χ0v) is 12.0. The van der Waals surface area contributed by atoms with Gasteiger partial charge in [-0.1, -0.05) is 72.8 Å². The number of carbonyl (C=O) groups excluding carboxylic acids is 1. The number of aliphatic hydroxyl groups excluding tert-OH is 1. The molecule has 21 heavy (non-hydrogen) atoms. The van der Waals surface area contributed by atoms with Crippen LogP contribution in [0.5, 0.6) is 0 Å². The second kappa shape index (κ2) is 8.18. The predicted molar refractivity (Wildman–Crippen MR) is 85.9 cm³/mol. The number of carbonyl (C=O) groups is 1. The average Bonchev–Trinajstić information content (AvgIpc) is 2.53. The van der Waals surface area contributed by atoms with Gasteiger partial charge in [0.15, 0.2) is 0 Å². The number of hydrogen-bond acceptors (Lipinski definition) is 2. The van der Waals surface area contributed by atoms with Crippen molar-refractivity contribution in [2.75, 3.05) is 0 Å². The third kappa shape index (κ3) is 5.76. The summed E-state index contributed by atoms with van der Waals surface area (Å²) in [6.45, 7) is 0. The summed E-state index contributed by atoms with van der Waals surface area (Å²) in [6, 6.07) is 19.7. The molecule has 2 aromatic carbocycles. The van der Waals surface area contributed by atoms with Gasteiger partial charge in [-0.05, 0) is 17.5 Å². The molecule has 1 atom stereocenters. The van der Waals surface area contributed by atoms with Gasteiger partial charge in [-0.3, -0.25) is 4.79 Å². The van der Waals surface area contributed by atoms with Gasteiger partial charge in [-0.2, -0.15) is 0 Å². The molecule has 0 spiro atoms. The molecule has 0 aliphatic heterocycles. The highest BCUT2D eigenvalue weighted by atomic mass is 16.3. The Labute approximate surface area is 125 Å². The number of aryl methyl sites for hydroxylation is 1. The average molecular weight is 280 g/mol. The standard InChI is InChI=1S/C19H20O2/c20-18(13-11-16-7-3-1-4-8-16)15-19(21)14-12-17-9-5-2-6-10-17/h1-11,13,18,20H,12,14-15H2/t18-/m1/s1. The number of aliphatic hydroxyl groups is 1. The highest BCUT2D eigenvalue weighted by molar-refractivity contribution is 5.79. The molecule has 0 saturated carbocycles. The number of ketones is 1. The molecule has 108 valence electrons. The van der Waals surface area contributed by atoms with Crippen LogP contribution in [0.1, 0.15) is 24.0 Å². The third-order valence-electron chi connectivity index (χ3n) is 3.28. The van der Waals surface area contributed by atoms with Gasteiger partial charge in [0.2, 0.25) is 0 Å². The Morgan fingerprint density at radius 1 is 1.00 bits per heavy atom. The van der Waals surface area contributed by atoms with E-state index in [-0.39, 0.29) is 12.2 Å². The van der Waals surface area contributed by atoms with Crippen LogP contribution < -0.4 is 0 Å². The third-order valence-corrected chi connectivity index (χ3v) is 3.28. The van der Waals surface area contributed by atoms with Gasteiger partial charge in [0.1, 0.15) is 5.78 Å². The van der Waals surface area contributed by atoms with E-state index < -0.39 is 6.10 Å². The number of hydrogen-bond donors (Lipinski definition) is 1. The van der Waals surface area contributed by atoms with Crippen molar-refractivity contribution in [3.63, 3.8) is 0 Å². The SMILES string of the molecule is O=C(CCc1ccccc1)C[C@H](O)C=Cc1ccccc1. The number of rotatable bonds is 7. The zero-order chi connectivity index (χ0) is 14.9. The molecule has 0 fully saturated rings. The molecular formula is C19H20O2. The van der Waals surface area contributed by atoms with Crippen LogP contribution in [-0.4, -0.2) is 17.0 Å². The maximum absolute atomic E-state index is 11.8. The summed E-state index contributed by atoms with van der Waals surface area (Å²) in [5.41, 5.74) is 2.17. The molecule has 1 N–H and O–H groups in total. The molecule has 0 saturated heterocycles. The van der Waals surface area contributed by atoms with Crippen molar-refractivity contribution in [2.24, 2.45) is 0 Å². The Balaban J connectivity index is 1.76. The molecule has 2 aromatic rings. The Bertz CT molecular complexity index is 573. The molecule has 2 nitrogen and oxygen atoms in total. The molecule has 0 unspecified atom stereocenters. The van der Waals surface area contributed by atoms with Crippen molar-refractivity contribution in [1.29, 1.82) is 0 Å². The van der Waals surface area contributed by atoms with Gasteiger partial charge in [0.25, 0.3) is 0 Å². The fourth-order valence-electron chi connectivity index (χ4n) is 2.12. The second-order valence-corrected chi connectivity index (χ2v) is 5.07. The summed E-state index contributed by atoms with van der Waals surface area (Å²) in [4.78, 5) is 11.8. The molecular weight excluding hydrogens is 260 g/mol. The van der Waals surface area contributed by atoms with E-state index in [9.17, 15) is 9.90 Å². The lowest BCUT2D eigenvalue weighted by Crippen LogP contribution is -2.11. The topological polar surface area (TPSA) is 37.3 Å². The van der Waals surface area contributed by atoms with Gasteiger partial charge in [0.05, 0.1) is 6.10 Å². The van der Waals surface area contributed by atoms with Gasteiger partial charge in [0, 0.05) is 12.8 Å². The van der Waals surface area contributed by atoms with E-state index >= 15 is 0 Å². The first-order valence-electron chi connectivity index (χ1n) is 7.21. The minimum atomic E-state index is -0.714. The Morgan fingerprint density at radius 2 is 1.62 bits per heavy atom. The highest BCUT2D eigenvalue weighted by Crippen LogP contribution is 2.08. The van der Waals surface area contributed by atoms with Gasteiger partial charge < -0.3 is 5.11 Å². The Hall–Kier alpha value is -2.19. The van der Waals surface area contributed by atoms with E-state index in [1.54, 1.807) is 6.08 Å². The summed E-state index contributed by atoms with van der Waals surface area (Å²) in [6.07, 6.45) is 4.18. The maximum atomic E-state index is 11.8. The number of Topliss-reactive ketones (excluding diaryl/α,β-unsaturated/α-hetero) is 1. The minimum absolute atomic E-state index is 0.0871. The molecule has 0 aromatic heterocycles. The normalized spacial score (nSPS) is 12.4. The fraction of sp³-hybridized carbons (Fsp3) is 0.211. The Kier molecular flexibility index (Phi) is 5.92. The van der Waals surface area contributed by atoms with Crippen LogP contribution in [0, 0.1) is 0 Å². The van der Waals surface area contributed by atoms with Crippen molar-refractivity contribution in [3.05, 3.63) is 77.9 Å². The van der Waals surface area contributed by atoms with Crippen LogP contribution in [0.4, 0.5) is 0 Å². The van der Waals surface area contributed by atoms with E-state index in [4.69, 9.17) is 0 Å². The maximum Gasteiger partial charge on any atom is 0.136 e. The molecule has 0 aliphatic carbocycles. The first-order valence-corrected chi connectivity index (χ1v) is 7.21. The van der Waals surface area contributed by atoms with Crippen molar-refractivity contribution < 1.29 is 9.90 Å². The molecule has 2 rings (SSSR count). The van der Waals surface area contributed by atoms with Crippen LogP contribution in [0.15, 0.2) is 66.7 Å². The van der Waals surface area contributed by atoms with Gasteiger partial charge in [-0.25, -0.2) is 0 Å². The van der Waals surface area contributed by atoms with E-state index in [1.165, 1.54) is 0 Å².